The van der Waals surface area contributed by atoms with Crippen LogP contribution in [0.1, 0.15) is 37.3 Å². The lowest BCUT2D eigenvalue weighted by molar-refractivity contribution is -0.144. The van der Waals surface area contributed by atoms with Crippen LogP contribution in [0.3, 0.4) is 0 Å². The molecule has 2 fully saturated rings. The number of cyclic esters (lactones) is 1. The van der Waals surface area contributed by atoms with Crippen LogP contribution in [0, 0.1) is 0 Å². The van der Waals surface area contributed by atoms with E-state index in [4.69, 9.17) is 9.47 Å². The minimum absolute atomic E-state index is 0.0147. The first-order chi connectivity index (χ1) is 15.6. The van der Waals surface area contributed by atoms with Gasteiger partial charge in [0.1, 0.15) is 12.7 Å². The zero-order chi connectivity index (χ0) is 22.3. The SMILES string of the molecule is CCCc1ccc(/C=N/CC[C@H]2CN(C3=CCC(N4CCOCC4=O)C=C3)C(=O)O2)cc1. The summed E-state index contributed by atoms with van der Waals surface area (Å²) in [5.74, 6) is 0.0147. The van der Waals surface area contributed by atoms with E-state index in [1.54, 1.807) is 4.90 Å². The average Bonchev–Trinajstić information content (AvgIpc) is 3.19. The van der Waals surface area contributed by atoms with Crippen LogP contribution < -0.4 is 0 Å². The van der Waals surface area contributed by atoms with Gasteiger partial charge in [0.2, 0.25) is 5.91 Å². The summed E-state index contributed by atoms with van der Waals surface area (Å²) in [6, 6.07) is 8.49. The fraction of sp³-hybridized carbons (Fsp3) is 0.480. The van der Waals surface area contributed by atoms with Gasteiger partial charge in [-0.1, -0.05) is 49.8 Å². The van der Waals surface area contributed by atoms with Crippen LogP contribution in [0.4, 0.5) is 4.79 Å². The number of morpholine rings is 1. The average molecular weight is 438 g/mol. The van der Waals surface area contributed by atoms with Gasteiger partial charge in [-0.15, -0.1) is 0 Å². The van der Waals surface area contributed by atoms with E-state index in [9.17, 15) is 9.59 Å². The smallest absolute Gasteiger partial charge is 0.414 e. The number of carbonyl (C=O) groups is 2. The first kappa shape index (κ1) is 22.3. The molecule has 0 bridgehead atoms. The third-order valence-electron chi connectivity index (χ3n) is 6.01. The summed E-state index contributed by atoms with van der Waals surface area (Å²) in [7, 11) is 0. The number of ether oxygens (including phenoxy) is 2. The molecule has 2 atom stereocenters. The molecular weight excluding hydrogens is 406 g/mol. The number of amides is 2. The molecule has 2 saturated heterocycles. The number of hydrogen-bond acceptors (Lipinski definition) is 5. The molecule has 170 valence electrons. The summed E-state index contributed by atoms with van der Waals surface area (Å²) in [6.07, 6.45) is 10.9. The van der Waals surface area contributed by atoms with Crippen molar-refractivity contribution in [3.63, 3.8) is 0 Å². The largest absolute Gasteiger partial charge is 0.444 e. The predicted octanol–water partition coefficient (Wildman–Crippen LogP) is 3.34. The monoisotopic (exact) mass is 437 g/mol. The van der Waals surface area contributed by atoms with Crippen molar-refractivity contribution in [3.05, 3.63) is 59.3 Å². The van der Waals surface area contributed by atoms with E-state index in [2.05, 4.69) is 36.2 Å². The maximum atomic E-state index is 12.4. The summed E-state index contributed by atoms with van der Waals surface area (Å²) in [5.41, 5.74) is 3.27. The molecular formula is C25H31N3O4. The molecule has 1 aromatic rings. The lowest BCUT2D eigenvalue weighted by Crippen LogP contribution is -2.47. The Kier molecular flexibility index (Phi) is 7.37. The Balaban J connectivity index is 1.24. The summed E-state index contributed by atoms with van der Waals surface area (Å²) >= 11 is 0. The highest BCUT2D eigenvalue weighted by Crippen LogP contribution is 2.25. The zero-order valence-corrected chi connectivity index (χ0v) is 18.6. The van der Waals surface area contributed by atoms with Gasteiger partial charge in [-0.25, -0.2) is 4.79 Å². The number of aliphatic imine (C=N–C) groups is 1. The van der Waals surface area contributed by atoms with Gasteiger partial charge in [-0.05, 0) is 30.0 Å². The molecule has 7 nitrogen and oxygen atoms in total. The number of carbonyl (C=O) groups excluding carboxylic acids is 2. The van der Waals surface area contributed by atoms with E-state index < -0.39 is 0 Å². The van der Waals surface area contributed by atoms with Gasteiger partial charge in [0, 0.05) is 31.4 Å². The van der Waals surface area contributed by atoms with Crippen molar-refractivity contribution in [2.24, 2.45) is 4.99 Å². The van der Waals surface area contributed by atoms with Crippen LogP contribution in [0.5, 0.6) is 0 Å². The third kappa shape index (κ3) is 5.46. The number of hydrogen-bond donors (Lipinski definition) is 0. The zero-order valence-electron chi connectivity index (χ0n) is 18.6. The first-order valence-corrected chi connectivity index (χ1v) is 11.5. The Morgan fingerprint density at radius 2 is 2.06 bits per heavy atom. The van der Waals surface area contributed by atoms with Gasteiger partial charge in [0.05, 0.1) is 19.2 Å². The van der Waals surface area contributed by atoms with Gasteiger partial charge in [0.15, 0.2) is 0 Å². The Hall–Kier alpha value is -2.93. The summed E-state index contributed by atoms with van der Waals surface area (Å²) < 4.78 is 10.7. The van der Waals surface area contributed by atoms with Crippen LogP contribution in [-0.4, -0.2) is 73.0 Å². The van der Waals surface area contributed by atoms with E-state index in [1.165, 1.54) is 5.56 Å². The molecule has 2 amide bonds. The van der Waals surface area contributed by atoms with Crippen molar-refractivity contribution in [2.75, 3.05) is 32.8 Å². The van der Waals surface area contributed by atoms with Crippen LogP contribution in [0.25, 0.3) is 0 Å². The van der Waals surface area contributed by atoms with E-state index in [1.807, 2.05) is 29.3 Å². The molecule has 2 aliphatic heterocycles. The second-order valence-corrected chi connectivity index (χ2v) is 8.36. The van der Waals surface area contributed by atoms with Crippen molar-refractivity contribution in [2.45, 2.75) is 44.8 Å². The third-order valence-corrected chi connectivity index (χ3v) is 6.01. The van der Waals surface area contributed by atoms with E-state index in [-0.39, 0.29) is 30.8 Å². The number of nitrogens with zero attached hydrogens (tertiary/aromatic N) is 3. The fourth-order valence-electron chi connectivity index (χ4n) is 4.24. The van der Waals surface area contributed by atoms with Gasteiger partial charge in [0.25, 0.3) is 0 Å². The fourth-order valence-corrected chi connectivity index (χ4v) is 4.24. The first-order valence-electron chi connectivity index (χ1n) is 11.5. The Bertz CT molecular complexity index is 906. The van der Waals surface area contributed by atoms with Crippen molar-refractivity contribution in [1.82, 2.24) is 9.80 Å². The van der Waals surface area contributed by atoms with Crippen LogP contribution in [0.2, 0.25) is 0 Å². The molecule has 1 unspecified atom stereocenters. The van der Waals surface area contributed by atoms with E-state index in [0.717, 1.165) is 24.1 Å². The minimum Gasteiger partial charge on any atom is -0.444 e. The molecule has 4 rings (SSSR count). The molecule has 1 aliphatic carbocycles. The predicted molar refractivity (Wildman–Crippen MR) is 123 cm³/mol. The number of aryl methyl sites for hydroxylation is 1. The Morgan fingerprint density at radius 3 is 2.78 bits per heavy atom. The van der Waals surface area contributed by atoms with Crippen molar-refractivity contribution in [3.8, 4) is 0 Å². The molecule has 0 spiro atoms. The highest BCUT2D eigenvalue weighted by atomic mass is 16.6. The summed E-state index contributed by atoms with van der Waals surface area (Å²) in [4.78, 5) is 32.4. The molecule has 3 aliphatic rings. The molecule has 0 radical (unpaired) electrons. The second kappa shape index (κ2) is 10.6. The quantitative estimate of drug-likeness (QED) is 0.585. The van der Waals surface area contributed by atoms with Crippen molar-refractivity contribution >= 4 is 18.2 Å². The lowest BCUT2D eigenvalue weighted by Gasteiger charge is -2.34. The number of allylic oxidation sites excluding steroid dienone is 1. The normalized spacial score (nSPS) is 23.7. The molecule has 1 aromatic carbocycles. The molecule has 0 N–H and O–H groups in total. The molecule has 0 saturated carbocycles. The van der Waals surface area contributed by atoms with E-state index in [0.29, 0.717) is 39.1 Å². The summed E-state index contributed by atoms with van der Waals surface area (Å²) in [6.45, 7) is 4.63. The van der Waals surface area contributed by atoms with Gasteiger partial charge in [-0.3, -0.25) is 14.7 Å². The highest BCUT2D eigenvalue weighted by Gasteiger charge is 2.34. The van der Waals surface area contributed by atoms with Crippen molar-refractivity contribution < 1.29 is 19.1 Å². The minimum atomic E-state index is -0.317. The van der Waals surface area contributed by atoms with Gasteiger partial charge >= 0.3 is 6.09 Å². The maximum absolute atomic E-state index is 12.4. The number of rotatable bonds is 8. The van der Waals surface area contributed by atoms with E-state index >= 15 is 0 Å². The molecule has 7 heteroatoms. The number of benzene rings is 1. The summed E-state index contributed by atoms with van der Waals surface area (Å²) in [5, 5.41) is 0. The highest BCUT2D eigenvalue weighted by molar-refractivity contribution is 5.80. The Labute approximate surface area is 189 Å². The van der Waals surface area contributed by atoms with Crippen LogP contribution in [0.15, 0.2) is 53.2 Å². The van der Waals surface area contributed by atoms with Gasteiger partial charge in [-0.2, -0.15) is 0 Å². The van der Waals surface area contributed by atoms with Crippen LogP contribution in [-0.2, 0) is 20.7 Å². The van der Waals surface area contributed by atoms with Gasteiger partial charge < -0.3 is 14.4 Å². The standard InChI is InChI=1S/C25H31N3O4/c1-2-3-19-4-6-20(7-5-19)16-26-13-12-23-17-28(25(30)32-23)22-10-8-21(9-11-22)27-14-15-31-18-24(27)29/h4-8,10-11,16,21,23H,2-3,9,12-15,17-18H2,1H3/b26-16+/t21?,23-/m0/s1. The lowest BCUT2D eigenvalue weighted by atomic mass is 10.0. The van der Waals surface area contributed by atoms with Crippen molar-refractivity contribution in [1.29, 1.82) is 0 Å². The topological polar surface area (TPSA) is 71.4 Å². The van der Waals surface area contributed by atoms with Crippen LogP contribution >= 0.6 is 0 Å². The maximum Gasteiger partial charge on any atom is 0.414 e. The second-order valence-electron chi connectivity index (χ2n) is 8.36. The Morgan fingerprint density at radius 1 is 1.22 bits per heavy atom. The molecule has 2 heterocycles. The molecule has 0 aromatic heterocycles. The molecule has 32 heavy (non-hydrogen) atoms.